The van der Waals surface area contributed by atoms with E-state index in [2.05, 4.69) is 230 Å². The first kappa shape index (κ1) is 74.5. The van der Waals surface area contributed by atoms with E-state index >= 15 is 0 Å². The van der Waals surface area contributed by atoms with Gasteiger partial charge in [-0.15, -0.1) is 0 Å². The quantitative estimate of drug-likeness (QED) is 0.122. The summed E-state index contributed by atoms with van der Waals surface area (Å²) >= 11 is 0. The van der Waals surface area contributed by atoms with Crippen LogP contribution in [0.3, 0.4) is 0 Å². The van der Waals surface area contributed by atoms with Crippen LogP contribution in [0.25, 0.3) is 0 Å². The maximum Gasteiger partial charge on any atom is 0.130 e. The standard InChI is InChI=1S/2C15H16.4C14H14O.C8H10/c1-12-3-7-14(8-4-12)11-15-9-5-13(2)6-10-15;1-12-5-3-7-14(9-12)11-15-8-4-6-13(2)10-15;1-11-3-7-13(8-4-11)15-14-9-5-12(2)6-10-14;1-11-5-3-7-13(9-11)15-14-8-4-6-12(2)10-14;1-11-6-8-13(9-7-11)15-14-5-3-4-12(2)10-14;1-11-7-9-13(10-8-11)15-14-6-4-3-5-12(14)2;1-7-4-3-5-8(2)6-7/h2*3-10H,11H2,1-2H3;4*3-10H,1-2H3;3-6H,1-2H3. The molecule has 0 spiro atoms. The Hall–Kier alpha value is -10.9. The molecule has 4 heteroatoms. The third-order valence-corrected chi connectivity index (χ3v) is 15.5. The fraction of sp³-hybridized carbons (Fsp3) is 0.170. The minimum absolute atomic E-state index is 0.879. The molecule has 0 aliphatic carbocycles. The molecule has 98 heavy (non-hydrogen) atoms. The van der Waals surface area contributed by atoms with Crippen LogP contribution in [0.15, 0.2) is 315 Å². The van der Waals surface area contributed by atoms with Crippen molar-refractivity contribution in [1.82, 2.24) is 0 Å². The molecule has 0 heterocycles. The highest BCUT2D eigenvalue weighted by molar-refractivity contribution is 5.41. The summed E-state index contributed by atoms with van der Waals surface area (Å²) in [5, 5.41) is 0. The monoisotopic (exact) mass is 1290 g/mol. The van der Waals surface area contributed by atoms with Crippen LogP contribution in [-0.4, -0.2) is 0 Å². The molecule has 0 N–H and O–H groups in total. The number of benzene rings is 13. The Kier molecular flexibility index (Phi) is 30.2. The second-order valence-corrected chi connectivity index (χ2v) is 25.3. The van der Waals surface area contributed by atoms with Crippen LogP contribution >= 0.6 is 0 Å². The van der Waals surface area contributed by atoms with Crippen molar-refractivity contribution in [3.63, 3.8) is 0 Å². The van der Waals surface area contributed by atoms with Crippen molar-refractivity contribution >= 4 is 0 Å². The summed E-state index contributed by atoms with van der Waals surface area (Å²) < 4.78 is 22.9. The van der Waals surface area contributed by atoms with Gasteiger partial charge in [0.2, 0.25) is 0 Å². The molecular weight excluding hydrogens is 1190 g/mol. The number of aryl methyl sites for hydroxylation is 14. The van der Waals surface area contributed by atoms with Crippen molar-refractivity contribution in [2.75, 3.05) is 0 Å². The highest BCUT2D eigenvalue weighted by Gasteiger charge is 2.03. The summed E-state index contributed by atoms with van der Waals surface area (Å²) in [5.74, 6) is 7.11. The predicted molar refractivity (Wildman–Crippen MR) is 416 cm³/mol. The molecule has 0 amide bonds. The van der Waals surface area contributed by atoms with Crippen molar-refractivity contribution < 1.29 is 18.9 Å². The van der Waals surface area contributed by atoms with E-state index < -0.39 is 0 Å². The zero-order chi connectivity index (χ0) is 70.0. The van der Waals surface area contributed by atoms with Gasteiger partial charge in [0.15, 0.2) is 0 Å². The van der Waals surface area contributed by atoms with Gasteiger partial charge in [0, 0.05) is 0 Å². The third kappa shape index (κ3) is 29.0. The number of para-hydroxylation sites is 1. The van der Waals surface area contributed by atoms with Crippen LogP contribution in [0, 0.1) is 96.9 Å². The van der Waals surface area contributed by atoms with Gasteiger partial charge in [-0.2, -0.15) is 0 Å². The molecule has 0 aliphatic heterocycles. The van der Waals surface area contributed by atoms with E-state index in [1.165, 1.54) is 94.6 Å². The average Bonchev–Trinajstić information content (AvgIpc) is 1.60. The second kappa shape index (κ2) is 39.8. The van der Waals surface area contributed by atoms with Crippen LogP contribution in [-0.2, 0) is 12.8 Å². The van der Waals surface area contributed by atoms with Gasteiger partial charge in [0.25, 0.3) is 0 Å². The Bertz CT molecular complexity index is 4060. The smallest absolute Gasteiger partial charge is 0.130 e. The summed E-state index contributed by atoms with van der Waals surface area (Å²) in [4.78, 5) is 0. The Morgan fingerprint density at radius 2 is 0.408 bits per heavy atom. The maximum absolute atomic E-state index is 5.76. The number of hydrogen-bond acceptors (Lipinski definition) is 4. The zero-order valence-corrected chi connectivity index (χ0v) is 60.1. The van der Waals surface area contributed by atoms with E-state index in [0.29, 0.717) is 0 Å². The van der Waals surface area contributed by atoms with E-state index in [-0.39, 0.29) is 0 Å². The Balaban J connectivity index is 0.000000162. The Morgan fingerprint density at radius 1 is 0.163 bits per heavy atom. The van der Waals surface area contributed by atoms with Crippen molar-refractivity contribution in [2.24, 2.45) is 0 Å². The van der Waals surface area contributed by atoms with Gasteiger partial charge >= 0.3 is 0 Å². The normalized spacial score (nSPS) is 10.0. The highest BCUT2D eigenvalue weighted by atomic mass is 16.5. The van der Waals surface area contributed by atoms with E-state index in [1.54, 1.807) is 0 Å². The molecule has 0 aromatic heterocycles. The second-order valence-electron chi connectivity index (χ2n) is 25.3. The topological polar surface area (TPSA) is 36.9 Å². The molecular formula is C94H98O4. The van der Waals surface area contributed by atoms with Crippen LogP contribution in [0.5, 0.6) is 46.0 Å². The van der Waals surface area contributed by atoms with E-state index in [1.807, 2.05) is 183 Å². The van der Waals surface area contributed by atoms with E-state index in [9.17, 15) is 0 Å². The fourth-order valence-corrected chi connectivity index (χ4v) is 10.0. The average molecular weight is 1290 g/mol. The van der Waals surface area contributed by atoms with E-state index in [0.717, 1.165) is 64.4 Å². The van der Waals surface area contributed by atoms with Crippen LogP contribution in [0.1, 0.15) is 100 Å². The van der Waals surface area contributed by atoms with Gasteiger partial charge in [-0.25, -0.2) is 0 Å². The summed E-state index contributed by atoms with van der Waals surface area (Å²) in [7, 11) is 0. The van der Waals surface area contributed by atoms with Crippen molar-refractivity contribution in [1.29, 1.82) is 0 Å². The predicted octanol–water partition coefficient (Wildman–Crippen LogP) is 26.5. The van der Waals surface area contributed by atoms with Crippen molar-refractivity contribution in [2.45, 2.75) is 110 Å². The lowest BCUT2D eigenvalue weighted by Gasteiger charge is -2.08. The molecule has 0 atom stereocenters. The number of hydrogen-bond donors (Lipinski definition) is 0. The molecule has 0 fully saturated rings. The lowest BCUT2D eigenvalue weighted by molar-refractivity contribution is 0.479. The molecule has 4 nitrogen and oxygen atoms in total. The molecule has 0 saturated heterocycles. The summed E-state index contributed by atoms with van der Waals surface area (Å²) in [6.07, 6.45) is 2.06. The van der Waals surface area contributed by atoms with E-state index in [4.69, 9.17) is 18.9 Å². The number of ether oxygens (including phenoxy) is 4. The van der Waals surface area contributed by atoms with Crippen LogP contribution < -0.4 is 18.9 Å². The van der Waals surface area contributed by atoms with Gasteiger partial charge < -0.3 is 18.9 Å². The summed E-state index contributed by atoms with van der Waals surface area (Å²) in [6, 6.07) is 108. The maximum atomic E-state index is 5.76. The minimum atomic E-state index is 0.879. The largest absolute Gasteiger partial charge is 0.457 e. The molecule has 0 radical (unpaired) electrons. The van der Waals surface area contributed by atoms with Crippen LogP contribution in [0.2, 0.25) is 0 Å². The van der Waals surface area contributed by atoms with Crippen molar-refractivity contribution in [3.05, 3.63) is 416 Å². The van der Waals surface area contributed by atoms with Gasteiger partial charge in [-0.1, -0.05) is 280 Å². The van der Waals surface area contributed by atoms with Crippen molar-refractivity contribution in [3.8, 4) is 46.0 Å². The summed E-state index contributed by atoms with van der Waals surface area (Å²) in [6.45, 7) is 29.2. The highest BCUT2D eigenvalue weighted by Crippen LogP contribution is 2.27. The molecule has 0 unspecified atom stereocenters. The molecule has 13 aromatic rings. The molecule has 498 valence electrons. The SMILES string of the molecule is Cc1ccc(Cc2ccc(C)cc2)cc1.Cc1ccc(Oc2ccc(C)cc2)cc1.Cc1ccc(Oc2cccc(C)c2)cc1.Cc1ccc(Oc2ccccc2C)cc1.Cc1cccc(C)c1.Cc1cccc(Cc2cccc(C)c2)c1.Cc1cccc(Oc2cccc(C)c2)c1. The Morgan fingerprint density at radius 3 is 0.704 bits per heavy atom. The fourth-order valence-electron chi connectivity index (χ4n) is 10.0. The molecule has 0 aliphatic rings. The third-order valence-electron chi connectivity index (χ3n) is 15.5. The summed E-state index contributed by atoms with van der Waals surface area (Å²) in [5.41, 5.74) is 23.3. The molecule has 13 rings (SSSR count). The first-order valence-corrected chi connectivity index (χ1v) is 33.7. The first-order chi connectivity index (χ1) is 47.2. The van der Waals surface area contributed by atoms with Gasteiger partial charge in [-0.05, 0) is 245 Å². The molecule has 13 aromatic carbocycles. The zero-order valence-electron chi connectivity index (χ0n) is 60.1. The van der Waals surface area contributed by atoms with Gasteiger partial charge in [-0.3, -0.25) is 0 Å². The molecule has 0 saturated carbocycles. The van der Waals surface area contributed by atoms with Gasteiger partial charge in [0.05, 0.1) is 0 Å². The Labute approximate surface area is 586 Å². The lowest BCUT2D eigenvalue weighted by atomic mass is 10.0. The minimum Gasteiger partial charge on any atom is -0.457 e. The number of rotatable bonds is 12. The van der Waals surface area contributed by atoms with Gasteiger partial charge in [0.1, 0.15) is 46.0 Å². The first-order valence-electron chi connectivity index (χ1n) is 33.7. The lowest BCUT2D eigenvalue weighted by Crippen LogP contribution is -1.89. The van der Waals surface area contributed by atoms with Crippen LogP contribution in [0.4, 0.5) is 0 Å². The molecule has 0 bridgehead atoms.